The zero-order chi connectivity index (χ0) is 14.5. The largest absolute Gasteiger partial charge is 0.416 e. The van der Waals surface area contributed by atoms with Crippen LogP contribution < -0.4 is 5.73 Å². The molecule has 108 valence electrons. The molecule has 5 heteroatoms. The standard InChI is InChI=1S/C14H21F3N2/c1-19(2)10-9-13(18)8-5-11-3-6-12(7-4-11)14(15,16)17/h3-4,6-7,13H,5,8-10,18H2,1-2H3/t13-/m0/s1. The van der Waals surface area contributed by atoms with Crippen LogP contribution >= 0.6 is 0 Å². The first-order valence-electron chi connectivity index (χ1n) is 6.35. The fourth-order valence-electron chi connectivity index (χ4n) is 1.78. The minimum atomic E-state index is -4.26. The molecule has 0 radical (unpaired) electrons. The molecule has 0 spiro atoms. The fourth-order valence-corrected chi connectivity index (χ4v) is 1.78. The monoisotopic (exact) mass is 274 g/mol. The molecule has 0 amide bonds. The van der Waals surface area contributed by atoms with Crippen molar-refractivity contribution in [2.45, 2.75) is 31.5 Å². The molecule has 0 saturated carbocycles. The van der Waals surface area contributed by atoms with Crippen LogP contribution in [0, 0.1) is 0 Å². The SMILES string of the molecule is CN(C)CC[C@@H](N)CCc1ccc(C(F)(F)F)cc1. The average molecular weight is 274 g/mol. The highest BCUT2D eigenvalue weighted by atomic mass is 19.4. The minimum absolute atomic E-state index is 0.0877. The molecular formula is C14H21F3N2. The van der Waals surface area contributed by atoms with E-state index in [1.54, 1.807) is 0 Å². The highest BCUT2D eigenvalue weighted by Crippen LogP contribution is 2.29. The highest BCUT2D eigenvalue weighted by molar-refractivity contribution is 5.24. The molecule has 1 aromatic rings. The maximum absolute atomic E-state index is 12.4. The third kappa shape index (κ3) is 6.07. The van der Waals surface area contributed by atoms with Crippen molar-refractivity contribution in [3.05, 3.63) is 35.4 Å². The second-order valence-electron chi connectivity index (χ2n) is 5.09. The first kappa shape index (κ1) is 16.0. The molecule has 2 nitrogen and oxygen atoms in total. The van der Waals surface area contributed by atoms with Crippen LogP contribution in [0.15, 0.2) is 24.3 Å². The molecular weight excluding hydrogens is 253 g/mol. The van der Waals surface area contributed by atoms with Crippen LogP contribution in [0.4, 0.5) is 13.2 Å². The van der Waals surface area contributed by atoms with Gasteiger partial charge in [0.15, 0.2) is 0 Å². The van der Waals surface area contributed by atoms with E-state index in [4.69, 9.17) is 5.73 Å². The number of benzene rings is 1. The number of nitrogens with zero attached hydrogens (tertiary/aromatic N) is 1. The van der Waals surface area contributed by atoms with Gasteiger partial charge in [-0.2, -0.15) is 13.2 Å². The average Bonchev–Trinajstić information content (AvgIpc) is 2.33. The lowest BCUT2D eigenvalue weighted by molar-refractivity contribution is -0.137. The van der Waals surface area contributed by atoms with Crippen LogP contribution in [-0.4, -0.2) is 31.6 Å². The van der Waals surface area contributed by atoms with E-state index in [1.165, 1.54) is 12.1 Å². The summed E-state index contributed by atoms with van der Waals surface area (Å²) in [6, 6.07) is 5.40. The van der Waals surface area contributed by atoms with E-state index in [1.807, 2.05) is 14.1 Å². The summed E-state index contributed by atoms with van der Waals surface area (Å²) in [7, 11) is 3.98. The number of aryl methyl sites for hydroxylation is 1. The molecule has 0 saturated heterocycles. The first-order valence-corrected chi connectivity index (χ1v) is 6.35. The number of rotatable bonds is 6. The number of alkyl halides is 3. The third-order valence-corrected chi connectivity index (χ3v) is 3.03. The Labute approximate surface area is 112 Å². The van der Waals surface area contributed by atoms with Crippen LogP contribution in [0.2, 0.25) is 0 Å². The van der Waals surface area contributed by atoms with Gasteiger partial charge in [-0.25, -0.2) is 0 Å². The fraction of sp³-hybridized carbons (Fsp3) is 0.571. The second-order valence-corrected chi connectivity index (χ2v) is 5.09. The van der Waals surface area contributed by atoms with Gasteiger partial charge >= 0.3 is 6.18 Å². The maximum atomic E-state index is 12.4. The molecule has 0 heterocycles. The van der Waals surface area contributed by atoms with Crippen molar-refractivity contribution in [2.75, 3.05) is 20.6 Å². The lowest BCUT2D eigenvalue weighted by Gasteiger charge is -2.15. The van der Waals surface area contributed by atoms with E-state index in [9.17, 15) is 13.2 Å². The van der Waals surface area contributed by atoms with Crippen LogP contribution in [0.3, 0.4) is 0 Å². The Hall–Kier alpha value is -1.07. The zero-order valence-corrected chi connectivity index (χ0v) is 11.4. The molecule has 0 aliphatic carbocycles. The van der Waals surface area contributed by atoms with E-state index >= 15 is 0 Å². The Balaban J connectivity index is 2.42. The van der Waals surface area contributed by atoms with E-state index in [2.05, 4.69) is 4.90 Å². The van der Waals surface area contributed by atoms with E-state index < -0.39 is 11.7 Å². The van der Waals surface area contributed by atoms with Crippen molar-refractivity contribution in [1.29, 1.82) is 0 Å². The Kier molecular flexibility index (Phi) is 5.82. The summed E-state index contributed by atoms with van der Waals surface area (Å²) in [6.45, 7) is 0.925. The van der Waals surface area contributed by atoms with Gasteiger partial charge in [-0.05, 0) is 57.6 Å². The van der Waals surface area contributed by atoms with Crippen molar-refractivity contribution in [1.82, 2.24) is 4.90 Å². The Bertz CT molecular complexity index is 371. The molecule has 0 unspecified atom stereocenters. The van der Waals surface area contributed by atoms with Gasteiger partial charge in [-0.3, -0.25) is 0 Å². The van der Waals surface area contributed by atoms with E-state index in [0.717, 1.165) is 37.1 Å². The van der Waals surface area contributed by atoms with Crippen LogP contribution in [-0.2, 0) is 12.6 Å². The highest BCUT2D eigenvalue weighted by Gasteiger charge is 2.29. The van der Waals surface area contributed by atoms with Gasteiger partial charge in [0.05, 0.1) is 5.56 Å². The van der Waals surface area contributed by atoms with Crippen molar-refractivity contribution < 1.29 is 13.2 Å². The molecule has 0 bridgehead atoms. The van der Waals surface area contributed by atoms with Crippen molar-refractivity contribution in [3.8, 4) is 0 Å². The Morgan fingerprint density at radius 3 is 2.16 bits per heavy atom. The normalized spacial score (nSPS) is 13.8. The summed E-state index contributed by atoms with van der Waals surface area (Å²) in [4.78, 5) is 2.07. The predicted octanol–water partition coefficient (Wildman–Crippen LogP) is 2.92. The van der Waals surface area contributed by atoms with Gasteiger partial charge < -0.3 is 10.6 Å². The predicted molar refractivity (Wildman–Crippen MR) is 70.9 cm³/mol. The Morgan fingerprint density at radius 2 is 1.68 bits per heavy atom. The smallest absolute Gasteiger partial charge is 0.328 e. The number of halogens is 3. The molecule has 0 fully saturated rings. The summed E-state index contributed by atoms with van der Waals surface area (Å²) in [5.41, 5.74) is 6.26. The van der Waals surface area contributed by atoms with Crippen LogP contribution in [0.1, 0.15) is 24.0 Å². The first-order chi connectivity index (χ1) is 8.79. The van der Waals surface area contributed by atoms with Crippen molar-refractivity contribution in [3.63, 3.8) is 0 Å². The van der Waals surface area contributed by atoms with Crippen molar-refractivity contribution in [2.24, 2.45) is 5.73 Å². The van der Waals surface area contributed by atoms with Gasteiger partial charge in [0.25, 0.3) is 0 Å². The van der Waals surface area contributed by atoms with Gasteiger partial charge in [0.2, 0.25) is 0 Å². The molecule has 2 N–H and O–H groups in total. The van der Waals surface area contributed by atoms with Gasteiger partial charge in [-0.15, -0.1) is 0 Å². The van der Waals surface area contributed by atoms with E-state index in [-0.39, 0.29) is 6.04 Å². The maximum Gasteiger partial charge on any atom is 0.416 e. The zero-order valence-electron chi connectivity index (χ0n) is 11.4. The molecule has 0 aliphatic rings. The third-order valence-electron chi connectivity index (χ3n) is 3.03. The topological polar surface area (TPSA) is 29.3 Å². The molecule has 0 aromatic heterocycles. The van der Waals surface area contributed by atoms with Gasteiger partial charge in [0, 0.05) is 6.04 Å². The number of nitrogens with two attached hydrogens (primary N) is 1. The summed E-state index contributed by atoms with van der Waals surface area (Å²) >= 11 is 0. The molecule has 1 atom stereocenters. The van der Waals surface area contributed by atoms with Crippen LogP contribution in [0.5, 0.6) is 0 Å². The quantitative estimate of drug-likeness (QED) is 0.864. The molecule has 0 aliphatic heterocycles. The Morgan fingerprint density at radius 1 is 1.11 bits per heavy atom. The second kappa shape index (κ2) is 6.91. The minimum Gasteiger partial charge on any atom is -0.328 e. The number of hydrogen-bond acceptors (Lipinski definition) is 2. The van der Waals surface area contributed by atoms with Crippen LogP contribution in [0.25, 0.3) is 0 Å². The summed E-state index contributed by atoms with van der Waals surface area (Å²) in [6.07, 6.45) is -1.86. The molecule has 1 rings (SSSR count). The molecule has 19 heavy (non-hydrogen) atoms. The van der Waals surface area contributed by atoms with Gasteiger partial charge in [0.1, 0.15) is 0 Å². The summed E-state index contributed by atoms with van der Waals surface area (Å²) in [5, 5.41) is 0. The summed E-state index contributed by atoms with van der Waals surface area (Å²) < 4.78 is 37.2. The molecule has 1 aromatic carbocycles. The van der Waals surface area contributed by atoms with Gasteiger partial charge in [-0.1, -0.05) is 12.1 Å². The van der Waals surface area contributed by atoms with Crippen molar-refractivity contribution >= 4 is 0 Å². The number of hydrogen-bond donors (Lipinski definition) is 1. The lowest BCUT2D eigenvalue weighted by atomic mass is 10.0. The summed E-state index contributed by atoms with van der Waals surface area (Å²) in [5.74, 6) is 0. The van der Waals surface area contributed by atoms with E-state index in [0.29, 0.717) is 6.42 Å². The lowest BCUT2D eigenvalue weighted by Crippen LogP contribution is -2.26.